The molecule has 0 unspecified atom stereocenters. The summed E-state index contributed by atoms with van der Waals surface area (Å²) >= 11 is 0. The third-order valence-corrected chi connectivity index (χ3v) is 5.80. The first-order valence-electron chi connectivity index (χ1n) is 9.88. The van der Waals surface area contributed by atoms with Gasteiger partial charge in [0.05, 0.1) is 42.1 Å². The number of carbonyl (C=O) groups is 1. The molecule has 3 aromatic rings. The summed E-state index contributed by atoms with van der Waals surface area (Å²) in [6.07, 6.45) is 1.38. The Kier molecular flexibility index (Phi) is 4.48. The normalized spacial score (nSPS) is 16.9. The molecule has 0 aliphatic carbocycles. The maximum absolute atomic E-state index is 13.4. The Labute approximate surface area is 181 Å². The Morgan fingerprint density at radius 3 is 2.66 bits per heavy atom. The Bertz CT molecular complexity index is 1220. The topological polar surface area (TPSA) is 85.2 Å². The summed E-state index contributed by atoms with van der Waals surface area (Å²) in [5, 5.41) is 6.99. The monoisotopic (exact) mass is 444 g/mol. The molecule has 32 heavy (non-hydrogen) atoms. The maximum atomic E-state index is 13.4. The molecule has 1 N–H and O–H groups in total. The second-order valence-corrected chi connectivity index (χ2v) is 7.95. The van der Waals surface area contributed by atoms with Gasteiger partial charge >= 0.3 is 6.18 Å². The molecular formula is C21H19F3N6O2. The molecule has 1 spiro atoms. The van der Waals surface area contributed by atoms with E-state index in [1.54, 1.807) is 19.5 Å². The van der Waals surface area contributed by atoms with E-state index in [2.05, 4.69) is 15.4 Å². The predicted octanol–water partition coefficient (Wildman–Crippen LogP) is 2.68. The van der Waals surface area contributed by atoms with Crippen molar-refractivity contribution in [3.8, 4) is 17.0 Å². The van der Waals surface area contributed by atoms with E-state index in [-0.39, 0.29) is 5.91 Å². The van der Waals surface area contributed by atoms with Crippen LogP contribution in [0.5, 0.6) is 5.75 Å². The summed E-state index contributed by atoms with van der Waals surface area (Å²) in [7, 11) is 1.55. The number of methoxy groups -OCH3 is 1. The van der Waals surface area contributed by atoms with Gasteiger partial charge in [0.25, 0.3) is 5.91 Å². The predicted molar refractivity (Wildman–Crippen MR) is 108 cm³/mol. The first kappa shape index (κ1) is 20.4. The summed E-state index contributed by atoms with van der Waals surface area (Å²) in [6, 6.07) is 3.62. The van der Waals surface area contributed by atoms with Crippen LogP contribution in [0.4, 0.5) is 18.9 Å². The van der Waals surface area contributed by atoms with Crippen molar-refractivity contribution in [3.63, 3.8) is 0 Å². The highest BCUT2D eigenvalue weighted by Crippen LogP contribution is 2.45. The minimum absolute atomic E-state index is 0.298. The average Bonchev–Trinajstić information content (AvgIpc) is 3.26. The van der Waals surface area contributed by atoms with Crippen molar-refractivity contribution < 1.29 is 22.7 Å². The van der Waals surface area contributed by atoms with Crippen molar-refractivity contribution >= 4 is 11.6 Å². The van der Waals surface area contributed by atoms with E-state index in [0.717, 1.165) is 15.8 Å². The van der Waals surface area contributed by atoms with E-state index in [9.17, 15) is 18.0 Å². The summed E-state index contributed by atoms with van der Waals surface area (Å²) in [5.41, 5.74) is 2.70. The number of nitrogens with one attached hydrogen (secondary N) is 1. The zero-order chi connectivity index (χ0) is 22.7. The van der Waals surface area contributed by atoms with Crippen LogP contribution >= 0.6 is 0 Å². The van der Waals surface area contributed by atoms with Crippen molar-refractivity contribution in [2.45, 2.75) is 25.2 Å². The van der Waals surface area contributed by atoms with E-state index in [4.69, 9.17) is 9.72 Å². The number of hydrogen-bond donors (Lipinski definition) is 1. The zero-order valence-corrected chi connectivity index (χ0v) is 17.3. The lowest BCUT2D eigenvalue weighted by atomic mass is 9.86. The van der Waals surface area contributed by atoms with E-state index < -0.39 is 18.3 Å². The van der Waals surface area contributed by atoms with E-state index in [0.29, 0.717) is 41.5 Å². The lowest BCUT2D eigenvalue weighted by Gasteiger charge is -2.45. The highest BCUT2D eigenvalue weighted by molar-refractivity contribution is 6.13. The number of nitrogens with zero attached hydrogens (tertiary/aromatic N) is 5. The Hall–Kier alpha value is -3.47. The van der Waals surface area contributed by atoms with Gasteiger partial charge in [-0.3, -0.25) is 19.4 Å². The maximum Gasteiger partial charge on any atom is 0.408 e. The third-order valence-electron chi connectivity index (χ3n) is 5.80. The lowest BCUT2D eigenvalue weighted by molar-refractivity contribution is -0.142. The number of halogens is 3. The van der Waals surface area contributed by atoms with Crippen LogP contribution in [0.2, 0.25) is 0 Å². The Balaban J connectivity index is 1.59. The zero-order valence-electron chi connectivity index (χ0n) is 17.3. The van der Waals surface area contributed by atoms with Gasteiger partial charge in [0.15, 0.2) is 0 Å². The van der Waals surface area contributed by atoms with Gasteiger partial charge in [-0.05, 0) is 24.6 Å². The highest BCUT2D eigenvalue weighted by atomic mass is 19.4. The first-order valence-corrected chi connectivity index (χ1v) is 9.88. The molecule has 0 atom stereocenters. The number of rotatable bonds is 4. The molecule has 166 valence electrons. The number of alkyl halides is 3. The molecule has 5 heterocycles. The van der Waals surface area contributed by atoms with Gasteiger partial charge in [0.1, 0.15) is 17.8 Å². The minimum Gasteiger partial charge on any atom is -0.495 e. The number of aromatic nitrogens is 4. The van der Waals surface area contributed by atoms with Gasteiger partial charge in [-0.2, -0.15) is 18.3 Å². The fourth-order valence-corrected chi connectivity index (χ4v) is 4.30. The molecule has 2 aliphatic rings. The molecule has 5 rings (SSSR count). The molecule has 2 aliphatic heterocycles. The van der Waals surface area contributed by atoms with E-state index >= 15 is 0 Å². The van der Waals surface area contributed by atoms with Gasteiger partial charge in [-0.15, -0.1) is 0 Å². The number of amides is 1. The van der Waals surface area contributed by atoms with Crippen LogP contribution < -0.4 is 15.0 Å². The number of pyridine rings is 2. The molecule has 8 nitrogen and oxygen atoms in total. The second-order valence-electron chi connectivity index (χ2n) is 7.95. The fraction of sp³-hybridized carbons (Fsp3) is 0.333. The molecule has 1 fully saturated rings. The smallest absolute Gasteiger partial charge is 0.408 e. The number of anilines is 1. The molecule has 1 saturated heterocycles. The van der Waals surface area contributed by atoms with Crippen molar-refractivity contribution in [1.82, 2.24) is 25.1 Å². The molecule has 11 heteroatoms. The standard InChI is InChI=1S/C21H19F3N6O2/c1-12-3-16(13-4-15(32-2)7-25-5-13)28-18-17(12)19(31)30(20(18)9-26-10-20)14-6-27-29(8-14)11-21(22,23)24/h3-8,26H,9-11H2,1-2H3. The van der Waals surface area contributed by atoms with Crippen LogP contribution in [0.15, 0.2) is 36.9 Å². The summed E-state index contributed by atoms with van der Waals surface area (Å²) in [6.45, 7) is 1.47. The molecule has 0 radical (unpaired) electrons. The second kappa shape index (κ2) is 7.02. The number of hydrogen-bond acceptors (Lipinski definition) is 6. The molecule has 0 aromatic carbocycles. The van der Waals surface area contributed by atoms with Crippen LogP contribution in [0.25, 0.3) is 11.3 Å². The summed E-state index contributed by atoms with van der Waals surface area (Å²) in [4.78, 5) is 24.0. The lowest BCUT2D eigenvalue weighted by Crippen LogP contribution is -2.65. The van der Waals surface area contributed by atoms with Gasteiger partial charge in [0, 0.05) is 31.0 Å². The molecule has 1 amide bonds. The Morgan fingerprint density at radius 1 is 1.22 bits per heavy atom. The molecule has 3 aromatic heterocycles. The van der Waals surface area contributed by atoms with E-state index in [1.165, 1.54) is 17.3 Å². The van der Waals surface area contributed by atoms with Crippen molar-refractivity contribution in [2.24, 2.45) is 0 Å². The van der Waals surface area contributed by atoms with Crippen molar-refractivity contribution in [2.75, 3.05) is 25.1 Å². The fourth-order valence-electron chi connectivity index (χ4n) is 4.30. The van der Waals surface area contributed by atoms with Crippen LogP contribution in [0.3, 0.4) is 0 Å². The summed E-state index contributed by atoms with van der Waals surface area (Å²) < 4.78 is 44.4. The van der Waals surface area contributed by atoms with Crippen LogP contribution in [-0.4, -0.2) is 52.0 Å². The average molecular weight is 444 g/mol. The minimum atomic E-state index is -4.41. The van der Waals surface area contributed by atoms with Crippen LogP contribution in [0, 0.1) is 6.92 Å². The number of ether oxygens (including phenoxy) is 1. The summed E-state index contributed by atoms with van der Waals surface area (Å²) in [5.74, 6) is 0.283. The number of fused-ring (bicyclic) bond motifs is 2. The quantitative estimate of drug-likeness (QED) is 0.666. The van der Waals surface area contributed by atoms with Gasteiger partial charge < -0.3 is 10.1 Å². The highest BCUT2D eigenvalue weighted by Gasteiger charge is 2.56. The molecule has 0 saturated carbocycles. The van der Waals surface area contributed by atoms with Crippen LogP contribution in [0.1, 0.15) is 21.6 Å². The van der Waals surface area contributed by atoms with Crippen LogP contribution in [-0.2, 0) is 12.1 Å². The molecule has 0 bridgehead atoms. The van der Waals surface area contributed by atoms with Gasteiger partial charge in [0.2, 0.25) is 0 Å². The number of carbonyl (C=O) groups excluding carboxylic acids is 1. The third kappa shape index (κ3) is 3.11. The molecular weight excluding hydrogens is 425 g/mol. The van der Waals surface area contributed by atoms with Gasteiger partial charge in [-0.25, -0.2) is 4.98 Å². The van der Waals surface area contributed by atoms with Crippen molar-refractivity contribution in [1.29, 1.82) is 0 Å². The largest absolute Gasteiger partial charge is 0.495 e. The number of aryl methyl sites for hydroxylation is 1. The van der Waals surface area contributed by atoms with Crippen molar-refractivity contribution in [3.05, 3.63) is 53.7 Å². The first-order chi connectivity index (χ1) is 15.2. The van der Waals surface area contributed by atoms with E-state index in [1.807, 2.05) is 19.1 Å². The SMILES string of the molecule is COc1cncc(-c2cc(C)c3c(n2)C2(CNC2)N(c2cnn(CC(F)(F)F)c2)C3=O)c1. The Morgan fingerprint density at radius 2 is 2.00 bits per heavy atom. The van der Waals surface area contributed by atoms with Gasteiger partial charge in [-0.1, -0.05) is 0 Å².